The van der Waals surface area contributed by atoms with E-state index in [1.165, 1.54) is 12.5 Å². The molecule has 27 heavy (non-hydrogen) atoms. The van der Waals surface area contributed by atoms with Gasteiger partial charge in [0.05, 0.1) is 18.9 Å². The monoisotopic (exact) mass is 370 g/mol. The summed E-state index contributed by atoms with van der Waals surface area (Å²) >= 11 is 0. The van der Waals surface area contributed by atoms with Crippen LogP contribution in [0.1, 0.15) is 43.7 Å². The summed E-state index contributed by atoms with van der Waals surface area (Å²) in [5.41, 5.74) is 0.791. The van der Waals surface area contributed by atoms with E-state index >= 15 is 0 Å². The molecule has 1 aliphatic heterocycles. The summed E-state index contributed by atoms with van der Waals surface area (Å²) < 4.78 is 11.6. The normalized spacial score (nSPS) is 32.9. The van der Waals surface area contributed by atoms with Crippen LogP contribution in [0.15, 0.2) is 18.2 Å². The molecule has 1 aromatic rings. The van der Waals surface area contributed by atoms with Gasteiger partial charge in [-0.25, -0.2) is 0 Å². The molecular weight excluding hydrogens is 344 g/mol. The zero-order chi connectivity index (χ0) is 19.4. The van der Waals surface area contributed by atoms with Gasteiger partial charge in [0.15, 0.2) is 5.78 Å². The second kappa shape index (κ2) is 6.16. The zero-order valence-corrected chi connectivity index (χ0v) is 16.1. The fourth-order valence-electron chi connectivity index (χ4n) is 5.69. The van der Waals surface area contributed by atoms with E-state index in [-0.39, 0.29) is 36.3 Å². The van der Waals surface area contributed by atoms with Crippen molar-refractivity contribution in [2.24, 2.45) is 0 Å². The fourth-order valence-corrected chi connectivity index (χ4v) is 5.69. The largest absolute Gasteiger partial charge is 0.497 e. The molecule has 0 aromatic heterocycles. The minimum atomic E-state index is -0.894. The summed E-state index contributed by atoms with van der Waals surface area (Å²) in [7, 11) is 3.69. The van der Waals surface area contributed by atoms with Crippen molar-refractivity contribution in [2.45, 2.75) is 56.1 Å². The number of ketones is 1. The molecule has 2 aliphatic carbocycles. The lowest BCUT2D eigenvalue weighted by molar-refractivity contribution is -0.181. The third-order valence-electron chi connectivity index (χ3n) is 6.80. The number of likely N-dealkylation sites (tertiary alicyclic amines) is 1. The molecule has 1 heterocycles. The van der Waals surface area contributed by atoms with Crippen LogP contribution in [0.25, 0.3) is 0 Å². The Morgan fingerprint density at radius 1 is 1.33 bits per heavy atom. The van der Waals surface area contributed by atoms with E-state index in [0.717, 1.165) is 37.1 Å². The second-order valence-corrected chi connectivity index (χ2v) is 8.15. The van der Waals surface area contributed by atoms with Crippen LogP contribution in [-0.2, 0) is 26.2 Å². The van der Waals surface area contributed by atoms with Crippen LogP contribution in [0.5, 0.6) is 5.75 Å². The van der Waals surface area contributed by atoms with Gasteiger partial charge in [0.2, 0.25) is 0 Å². The quantitative estimate of drug-likeness (QED) is 0.808. The first-order chi connectivity index (χ1) is 12.8. The molecule has 2 bridgehead atoms. The topological polar surface area (TPSA) is 79.7 Å². The number of nitrogens with zero attached hydrogens (tertiary/aromatic N) is 1. The number of ether oxygens (including phenoxy) is 2. The molecule has 1 saturated carbocycles. The highest BCUT2D eigenvalue weighted by atomic mass is 16.6. The van der Waals surface area contributed by atoms with E-state index in [1.807, 2.05) is 12.1 Å². The van der Waals surface area contributed by atoms with Crippen molar-refractivity contribution in [1.82, 2.24) is 4.90 Å². The number of Topliss-reactive ketones (excluding diaryl/α,β-unsaturated/α-hetero) is 1. The molecule has 0 radical (unpaired) electrons. The van der Waals surface area contributed by atoms with Crippen molar-refractivity contribution >= 4 is 17.5 Å². The van der Waals surface area contributed by atoms with Gasteiger partial charge in [-0.2, -0.15) is 0 Å². The zero-order valence-electron chi connectivity index (χ0n) is 16.1. The summed E-state index contributed by atoms with van der Waals surface area (Å²) in [4.78, 5) is 27.2. The average Bonchev–Trinajstić information content (AvgIpc) is 2.68. The molecule has 0 spiro atoms. The smallest absolute Gasteiger partial charge is 0.303 e. The Kier molecular flexibility index (Phi) is 4.14. The number of nitrogens with one attached hydrogen (secondary N) is 1. The molecule has 3 atom stereocenters. The van der Waals surface area contributed by atoms with Crippen molar-refractivity contribution in [2.75, 3.05) is 20.7 Å². The summed E-state index contributed by atoms with van der Waals surface area (Å²) in [6.45, 7) is 2.30. The highest BCUT2D eigenvalue weighted by molar-refractivity contribution is 6.40. The molecule has 4 rings (SSSR count). The first kappa shape index (κ1) is 18.2. The Bertz CT molecular complexity index is 835. The molecule has 3 aliphatic rings. The molecule has 2 fully saturated rings. The summed E-state index contributed by atoms with van der Waals surface area (Å²) in [6, 6.07) is 5.98. The Morgan fingerprint density at radius 3 is 2.81 bits per heavy atom. The molecule has 6 heteroatoms. The SMILES string of the molecule is COc1ccc2c(c1)[C@]13CCCN(C)[C@H](C2)[C@]1(OC(C)=O)CC(=N)C(=O)C3. The van der Waals surface area contributed by atoms with Crippen LogP contribution in [0.4, 0.5) is 0 Å². The van der Waals surface area contributed by atoms with Crippen molar-refractivity contribution < 1.29 is 19.1 Å². The van der Waals surface area contributed by atoms with Crippen molar-refractivity contribution in [1.29, 1.82) is 5.41 Å². The standard InChI is InChI=1S/C21H26N2O4/c1-13(24)27-21-11-17(22)18(25)12-20(21)7-4-8-23(2)19(21)9-14-5-6-15(26-3)10-16(14)20/h5-6,10,19,22H,4,7-9,11-12H2,1-3H3/t19-,20-,21-/m1/s1. The van der Waals surface area contributed by atoms with Crippen LogP contribution >= 0.6 is 0 Å². The lowest BCUT2D eigenvalue weighted by Crippen LogP contribution is -2.70. The number of carbonyl (C=O) groups excluding carboxylic acids is 2. The van der Waals surface area contributed by atoms with Crippen LogP contribution in [0, 0.1) is 5.41 Å². The average molecular weight is 370 g/mol. The van der Waals surface area contributed by atoms with Crippen molar-refractivity contribution in [3.63, 3.8) is 0 Å². The van der Waals surface area contributed by atoms with Crippen LogP contribution in [0.3, 0.4) is 0 Å². The third kappa shape index (κ3) is 2.46. The minimum absolute atomic E-state index is 0.0572. The maximum Gasteiger partial charge on any atom is 0.303 e. The molecule has 144 valence electrons. The Hall–Kier alpha value is -2.21. The van der Waals surface area contributed by atoms with Gasteiger partial charge in [-0.05, 0) is 56.1 Å². The lowest BCUT2D eigenvalue weighted by Gasteiger charge is -2.59. The molecule has 1 N–H and O–H groups in total. The first-order valence-corrected chi connectivity index (χ1v) is 9.51. The number of hydrogen-bond donors (Lipinski definition) is 1. The number of benzene rings is 1. The second-order valence-electron chi connectivity index (χ2n) is 8.15. The third-order valence-corrected chi connectivity index (χ3v) is 6.80. The number of carbonyl (C=O) groups is 2. The first-order valence-electron chi connectivity index (χ1n) is 9.51. The van der Waals surface area contributed by atoms with Crippen molar-refractivity contribution in [3.05, 3.63) is 29.3 Å². The van der Waals surface area contributed by atoms with E-state index in [4.69, 9.17) is 14.9 Å². The molecule has 6 nitrogen and oxygen atoms in total. The predicted molar refractivity (Wildman–Crippen MR) is 100 cm³/mol. The van der Waals surface area contributed by atoms with Gasteiger partial charge in [0, 0.05) is 25.2 Å². The number of rotatable bonds is 2. The summed E-state index contributed by atoms with van der Waals surface area (Å²) in [6.07, 6.45) is 2.78. The highest BCUT2D eigenvalue weighted by Gasteiger charge is 2.67. The maximum absolute atomic E-state index is 12.7. The van der Waals surface area contributed by atoms with E-state index in [1.54, 1.807) is 7.11 Å². The van der Waals surface area contributed by atoms with Crippen LogP contribution < -0.4 is 4.74 Å². The summed E-state index contributed by atoms with van der Waals surface area (Å²) in [5, 5.41) is 8.28. The van der Waals surface area contributed by atoms with Gasteiger partial charge >= 0.3 is 5.97 Å². The van der Waals surface area contributed by atoms with E-state index < -0.39 is 11.0 Å². The van der Waals surface area contributed by atoms with Gasteiger partial charge in [0.1, 0.15) is 11.4 Å². The van der Waals surface area contributed by atoms with Gasteiger partial charge in [-0.3, -0.25) is 14.5 Å². The van der Waals surface area contributed by atoms with Gasteiger partial charge in [-0.1, -0.05) is 6.07 Å². The van der Waals surface area contributed by atoms with Gasteiger partial charge < -0.3 is 14.9 Å². The summed E-state index contributed by atoms with van der Waals surface area (Å²) in [5.74, 6) is 0.244. The Balaban J connectivity index is 2.03. The van der Waals surface area contributed by atoms with Crippen LogP contribution in [0.2, 0.25) is 0 Å². The fraction of sp³-hybridized carbons (Fsp3) is 0.571. The van der Waals surface area contributed by atoms with Gasteiger partial charge in [0.25, 0.3) is 0 Å². The maximum atomic E-state index is 12.7. The Morgan fingerprint density at radius 2 is 2.11 bits per heavy atom. The van der Waals surface area contributed by atoms with E-state index in [0.29, 0.717) is 0 Å². The molecule has 0 amide bonds. The minimum Gasteiger partial charge on any atom is -0.497 e. The van der Waals surface area contributed by atoms with E-state index in [9.17, 15) is 9.59 Å². The predicted octanol–water partition coefficient (Wildman–Crippen LogP) is 2.27. The van der Waals surface area contributed by atoms with E-state index in [2.05, 4.69) is 18.0 Å². The van der Waals surface area contributed by atoms with Crippen molar-refractivity contribution in [3.8, 4) is 5.75 Å². The number of esters is 1. The molecule has 1 saturated heterocycles. The highest BCUT2D eigenvalue weighted by Crippen LogP contribution is 2.58. The lowest BCUT2D eigenvalue weighted by atomic mass is 9.51. The molecular formula is C21H26N2O4. The Labute approximate surface area is 159 Å². The number of hydrogen-bond acceptors (Lipinski definition) is 6. The molecule has 1 aromatic carbocycles. The number of methoxy groups -OCH3 is 1. The number of likely N-dealkylation sites (N-methyl/N-ethyl adjacent to an activating group) is 1. The molecule has 0 unspecified atom stereocenters. The number of fused-ring (bicyclic) bond motifs is 1. The van der Waals surface area contributed by atoms with Crippen LogP contribution in [-0.4, -0.2) is 54.7 Å². The van der Waals surface area contributed by atoms with Gasteiger partial charge in [-0.15, -0.1) is 0 Å².